The second kappa shape index (κ2) is 12.2. The topological polar surface area (TPSA) is 77.4 Å². The van der Waals surface area contributed by atoms with E-state index in [-0.39, 0.29) is 21.9 Å². The number of sulfone groups is 1. The fourth-order valence-electron chi connectivity index (χ4n) is 4.42. The first-order chi connectivity index (χ1) is 18.6. The SMILES string of the molecule is CCc1c(C(=O)Nc2ccc(S(C)(=O)=O)cc2)cc(C[C@H](C)OCc2ccccc2)n1-c1ccc(F)cc1Cl. The summed E-state index contributed by atoms with van der Waals surface area (Å²) in [4.78, 5) is 13.6. The summed E-state index contributed by atoms with van der Waals surface area (Å²) >= 11 is 6.47. The van der Waals surface area contributed by atoms with E-state index in [1.54, 1.807) is 24.3 Å². The van der Waals surface area contributed by atoms with Gasteiger partial charge in [-0.1, -0.05) is 48.9 Å². The number of ether oxygens (including phenoxy) is 1. The van der Waals surface area contributed by atoms with Gasteiger partial charge in [-0.25, -0.2) is 12.8 Å². The third-order valence-corrected chi connectivity index (χ3v) is 7.75. The predicted molar refractivity (Wildman–Crippen MR) is 152 cm³/mol. The average molecular weight is 569 g/mol. The van der Waals surface area contributed by atoms with Crippen molar-refractivity contribution < 1.29 is 22.3 Å². The number of amides is 1. The molecule has 0 spiro atoms. The predicted octanol–water partition coefficient (Wildman–Crippen LogP) is 6.64. The van der Waals surface area contributed by atoms with E-state index in [1.807, 2.05) is 48.7 Å². The monoisotopic (exact) mass is 568 g/mol. The Hall–Kier alpha value is -3.46. The lowest BCUT2D eigenvalue weighted by Gasteiger charge is -2.18. The third-order valence-electron chi connectivity index (χ3n) is 6.32. The van der Waals surface area contributed by atoms with Crippen molar-refractivity contribution in [3.63, 3.8) is 0 Å². The fraction of sp³-hybridized carbons (Fsp3) is 0.233. The number of rotatable bonds is 10. The number of halogens is 2. The van der Waals surface area contributed by atoms with Gasteiger partial charge >= 0.3 is 0 Å². The van der Waals surface area contributed by atoms with E-state index in [0.717, 1.165) is 17.5 Å². The second-order valence-electron chi connectivity index (χ2n) is 9.34. The van der Waals surface area contributed by atoms with Gasteiger partial charge in [0.2, 0.25) is 0 Å². The van der Waals surface area contributed by atoms with Crippen LogP contribution in [-0.2, 0) is 34.0 Å². The molecule has 0 aliphatic heterocycles. The number of anilines is 1. The van der Waals surface area contributed by atoms with E-state index < -0.39 is 15.7 Å². The number of hydrogen-bond acceptors (Lipinski definition) is 4. The first kappa shape index (κ1) is 28.5. The molecule has 0 aliphatic rings. The van der Waals surface area contributed by atoms with Crippen molar-refractivity contribution in [3.05, 3.63) is 112 Å². The molecule has 1 heterocycles. The number of nitrogens with one attached hydrogen (secondary N) is 1. The maximum Gasteiger partial charge on any atom is 0.257 e. The maximum absolute atomic E-state index is 13.9. The van der Waals surface area contributed by atoms with Crippen molar-refractivity contribution >= 4 is 33.0 Å². The van der Waals surface area contributed by atoms with Gasteiger partial charge in [0, 0.05) is 29.8 Å². The minimum absolute atomic E-state index is 0.165. The summed E-state index contributed by atoms with van der Waals surface area (Å²) in [6, 6.07) is 21.8. The molecule has 9 heteroatoms. The summed E-state index contributed by atoms with van der Waals surface area (Å²) in [6.45, 7) is 4.33. The van der Waals surface area contributed by atoms with Gasteiger partial charge in [0.15, 0.2) is 9.84 Å². The lowest BCUT2D eigenvalue weighted by atomic mass is 10.1. The van der Waals surface area contributed by atoms with Crippen LogP contribution in [0.1, 0.15) is 41.2 Å². The Morgan fingerprint density at radius 2 is 1.74 bits per heavy atom. The molecule has 0 saturated heterocycles. The highest BCUT2D eigenvalue weighted by atomic mass is 35.5. The number of hydrogen-bond donors (Lipinski definition) is 1. The Morgan fingerprint density at radius 1 is 1.05 bits per heavy atom. The number of carbonyl (C=O) groups excluding carboxylic acids is 1. The van der Waals surface area contributed by atoms with Crippen LogP contribution < -0.4 is 5.32 Å². The van der Waals surface area contributed by atoms with Gasteiger partial charge < -0.3 is 14.6 Å². The van der Waals surface area contributed by atoms with E-state index in [4.69, 9.17) is 16.3 Å². The fourth-order valence-corrected chi connectivity index (χ4v) is 5.30. The van der Waals surface area contributed by atoms with Crippen LogP contribution in [0.5, 0.6) is 0 Å². The number of carbonyl (C=O) groups is 1. The minimum atomic E-state index is -3.35. The lowest BCUT2D eigenvalue weighted by Crippen LogP contribution is -2.16. The van der Waals surface area contributed by atoms with Crippen LogP contribution in [0.4, 0.5) is 10.1 Å². The molecule has 6 nitrogen and oxygen atoms in total. The van der Waals surface area contributed by atoms with Gasteiger partial charge in [-0.2, -0.15) is 0 Å². The molecule has 0 bridgehead atoms. The highest BCUT2D eigenvalue weighted by Crippen LogP contribution is 2.30. The summed E-state index contributed by atoms with van der Waals surface area (Å²) in [5.74, 6) is -0.805. The summed E-state index contributed by atoms with van der Waals surface area (Å²) in [5, 5.41) is 3.08. The van der Waals surface area contributed by atoms with Crippen molar-refractivity contribution in [2.75, 3.05) is 11.6 Å². The van der Waals surface area contributed by atoms with E-state index >= 15 is 0 Å². The van der Waals surface area contributed by atoms with E-state index in [1.165, 1.54) is 24.3 Å². The molecule has 0 aliphatic carbocycles. The minimum Gasteiger partial charge on any atom is -0.373 e. The second-order valence-corrected chi connectivity index (χ2v) is 11.8. The highest BCUT2D eigenvalue weighted by Gasteiger charge is 2.23. The summed E-state index contributed by atoms with van der Waals surface area (Å²) in [5.41, 5.74) is 4.02. The third kappa shape index (κ3) is 6.95. The summed E-state index contributed by atoms with van der Waals surface area (Å²) in [6.07, 6.45) is 1.91. The zero-order chi connectivity index (χ0) is 28.2. The van der Waals surface area contributed by atoms with Gasteiger partial charge in [0.1, 0.15) is 5.82 Å². The highest BCUT2D eigenvalue weighted by molar-refractivity contribution is 7.90. The standard InChI is InChI=1S/C30H30ClFN2O4S/c1-4-28-26(30(35)33-23-11-13-25(14-12-23)39(3,36)37)18-24(34(28)29-15-10-22(32)17-27(29)31)16-20(2)38-19-21-8-6-5-7-9-21/h5-15,17-18,20H,4,16,19H2,1-3H3,(H,33,35)/t20-/m0/s1. The lowest BCUT2D eigenvalue weighted by molar-refractivity contribution is 0.0526. The van der Waals surface area contributed by atoms with Gasteiger partial charge in [-0.3, -0.25) is 4.79 Å². The van der Waals surface area contributed by atoms with Gasteiger partial charge in [-0.15, -0.1) is 0 Å². The Labute approximate surface area is 233 Å². The van der Waals surface area contributed by atoms with Crippen LogP contribution in [0.25, 0.3) is 5.69 Å². The zero-order valence-electron chi connectivity index (χ0n) is 21.9. The smallest absolute Gasteiger partial charge is 0.257 e. The molecule has 39 heavy (non-hydrogen) atoms. The molecule has 0 saturated carbocycles. The van der Waals surface area contributed by atoms with Crippen molar-refractivity contribution in [1.82, 2.24) is 4.57 Å². The van der Waals surface area contributed by atoms with Crippen LogP contribution in [0, 0.1) is 5.82 Å². The average Bonchev–Trinajstić information content (AvgIpc) is 3.25. The van der Waals surface area contributed by atoms with Crippen LogP contribution >= 0.6 is 11.6 Å². The molecule has 4 rings (SSSR count). The normalized spacial score (nSPS) is 12.3. The van der Waals surface area contributed by atoms with E-state index in [0.29, 0.717) is 42.1 Å². The summed E-state index contributed by atoms with van der Waals surface area (Å²) < 4.78 is 45.4. The maximum atomic E-state index is 13.9. The molecular formula is C30H30ClFN2O4S. The number of benzene rings is 3. The molecule has 0 radical (unpaired) electrons. The molecule has 4 aromatic rings. The van der Waals surface area contributed by atoms with Crippen molar-refractivity contribution in [3.8, 4) is 5.69 Å². The van der Waals surface area contributed by atoms with Gasteiger partial charge in [0.25, 0.3) is 5.91 Å². The van der Waals surface area contributed by atoms with Crippen molar-refractivity contribution in [1.29, 1.82) is 0 Å². The molecule has 1 atom stereocenters. The van der Waals surface area contributed by atoms with Gasteiger partial charge in [0.05, 0.1) is 33.9 Å². The molecule has 204 valence electrons. The summed E-state index contributed by atoms with van der Waals surface area (Å²) in [7, 11) is -3.35. The molecular weight excluding hydrogens is 539 g/mol. The Kier molecular flexibility index (Phi) is 8.90. The molecule has 1 N–H and O–H groups in total. The molecule has 3 aromatic carbocycles. The van der Waals surface area contributed by atoms with Crippen molar-refractivity contribution in [2.45, 2.75) is 44.3 Å². The van der Waals surface area contributed by atoms with Crippen LogP contribution in [0.3, 0.4) is 0 Å². The molecule has 0 fully saturated rings. The quantitative estimate of drug-likeness (QED) is 0.233. The van der Waals surface area contributed by atoms with Crippen LogP contribution in [0.2, 0.25) is 5.02 Å². The molecule has 1 amide bonds. The van der Waals surface area contributed by atoms with Crippen LogP contribution in [0.15, 0.2) is 83.8 Å². The number of nitrogens with zero attached hydrogens (tertiary/aromatic N) is 1. The Bertz CT molecular complexity index is 1570. The first-order valence-corrected chi connectivity index (χ1v) is 14.8. The largest absolute Gasteiger partial charge is 0.373 e. The van der Waals surface area contributed by atoms with Crippen molar-refractivity contribution in [2.24, 2.45) is 0 Å². The molecule has 1 aromatic heterocycles. The van der Waals surface area contributed by atoms with E-state index in [2.05, 4.69) is 5.32 Å². The zero-order valence-corrected chi connectivity index (χ0v) is 23.5. The van der Waals surface area contributed by atoms with Crippen LogP contribution in [-0.4, -0.2) is 31.3 Å². The van der Waals surface area contributed by atoms with Gasteiger partial charge in [-0.05, 0) is 67.4 Å². The Morgan fingerprint density at radius 3 is 2.36 bits per heavy atom. The number of aromatic nitrogens is 1. The molecule has 0 unspecified atom stereocenters. The Balaban J connectivity index is 1.67. The van der Waals surface area contributed by atoms with E-state index in [9.17, 15) is 17.6 Å². The first-order valence-electron chi connectivity index (χ1n) is 12.5.